The molecule has 102 valence electrons. The number of nitrogens with one attached hydrogen (secondary N) is 2. The van der Waals surface area contributed by atoms with Gasteiger partial charge in [0.1, 0.15) is 0 Å². The van der Waals surface area contributed by atoms with Crippen LogP contribution in [0.2, 0.25) is 0 Å². The van der Waals surface area contributed by atoms with Gasteiger partial charge in [0.25, 0.3) is 0 Å². The lowest BCUT2D eigenvalue weighted by Gasteiger charge is -2.19. The molecule has 0 atom stereocenters. The van der Waals surface area contributed by atoms with Gasteiger partial charge in [-0.2, -0.15) is 0 Å². The maximum atomic E-state index is 12.1. The lowest BCUT2D eigenvalue weighted by atomic mass is 9.93. The minimum atomic E-state index is -3.41. The molecule has 1 heterocycles. The maximum Gasteiger partial charge on any atom is 0.242 e. The summed E-state index contributed by atoms with van der Waals surface area (Å²) in [5.74, 6) is 0.506. The zero-order valence-corrected chi connectivity index (χ0v) is 11.7. The Balaban J connectivity index is 2.04. The summed E-state index contributed by atoms with van der Waals surface area (Å²) in [6.07, 6.45) is 3.70. The van der Waals surface area contributed by atoms with Crippen LogP contribution in [0.4, 0.5) is 0 Å². The highest BCUT2D eigenvalue weighted by Crippen LogP contribution is 2.51. The van der Waals surface area contributed by atoms with Gasteiger partial charge in [0.2, 0.25) is 10.0 Å². The molecule has 1 aliphatic rings. The first-order valence-electron chi connectivity index (χ1n) is 6.27. The summed E-state index contributed by atoms with van der Waals surface area (Å²) < 4.78 is 26.9. The first-order chi connectivity index (χ1) is 8.39. The Morgan fingerprint density at radius 1 is 1.50 bits per heavy atom. The number of rotatable bonds is 6. The van der Waals surface area contributed by atoms with E-state index in [-0.39, 0.29) is 10.3 Å². The van der Waals surface area contributed by atoms with Crippen molar-refractivity contribution in [3.8, 4) is 0 Å². The van der Waals surface area contributed by atoms with Crippen LogP contribution in [0.25, 0.3) is 0 Å². The number of aromatic nitrogens is 1. The molecule has 1 fully saturated rings. The summed E-state index contributed by atoms with van der Waals surface area (Å²) in [5, 5.41) is 0. The first kappa shape index (κ1) is 13.6. The molecule has 5 nitrogen and oxygen atoms in total. The molecule has 0 amide bonds. The van der Waals surface area contributed by atoms with Crippen molar-refractivity contribution in [2.24, 2.45) is 17.1 Å². The molecule has 0 aliphatic heterocycles. The van der Waals surface area contributed by atoms with E-state index in [1.807, 2.05) is 0 Å². The molecule has 0 radical (unpaired) electrons. The average Bonchev–Trinajstić information content (AvgIpc) is 2.96. The van der Waals surface area contributed by atoms with Gasteiger partial charge < -0.3 is 10.7 Å². The van der Waals surface area contributed by atoms with E-state index >= 15 is 0 Å². The summed E-state index contributed by atoms with van der Waals surface area (Å²) in [5.41, 5.74) is 6.34. The van der Waals surface area contributed by atoms with Crippen LogP contribution in [0.5, 0.6) is 0 Å². The quantitative estimate of drug-likeness (QED) is 0.726. The molecule has 4 N–H and O–H groups in total. The fraction of sp³-hybridized carbons (Fsp3) is 0.667. The largest absolute Gasteiger partial charge is 0.363 e. The third kappa shape index (κ3) is 2.60. The summed E-state index contributed by atoms with van der Waals surface area (Å²) >= 11 is 0. The maximum absolute atomic E-state index is 12.1. The van der Waals surface area contributed by atoms with Crippen molar-refractivity contribution in [3.05, 3.63) is 18.0 Å². The second kappa shape index (κ2) is 4.68. The number of hydrogen-bond donors (Lipinski definition) is 3. The second-order valence-corrected chi connectivity index (χ2v) is 7.17. The Kier molecular flexibility index (Phi) is 3.53. The summed E-state index contributed by atoms with van der Waals surface area (Å²) in [7, 11) is -3.41. The number of nitrogens with two attached hydrogens (primary N) is 1. The van der Waals surface area contributed by atoms with Gasteiger partial charge in [-0.05, 0) is 30.2 Å². The molecule has 1 saturated carbocycles. The molecule has 0 unspecified atom stereocenters. The van der Waals surface area contributed by atoms with Crippen molar-refractivity contribution in [2.45, 2.75) is 38.1 Å². The molecular formula is C12H21N3O2S. The molecule has 2 rings (SSSR count). The molecule has 0 bridgehead atoms. The predicted octanol–water partition coefficient (Wildman–Crippen LogP) is 1.19. The van der Waals surface area contributed by atoms with Gasteiger partial charge in [0, 0.05) is 25.0 Å². The van der Waals surface area contributed by atoms with Crippen molar-refractivity contribution in [2.75, 3.05) is 6.54 Å². The van der Waals surface area contributed by atoms with Crippen molar-refractivity contribution < 1.29 is 8.42 Å². The van der Waals surface area contributed by atoms with Crippen LogP contribution >= 0.6 is 0 Å². The zero-order chi connectivity index (χ0) is 13.4. The molecule has 6 heteroatoms. The highest BCUT2D eigenvalue weighted by atomic mass is 32.2. The standard InChI is InChI=1S/C12H21N3O2S/c1-9(2)12(3-4-12)8-15-18(16,17)11-5-10(6-13)14-7-11/h5,7,9,14-15H,3-4,6,8,13H2,1-2H3. The molecule has 0 spiro atoms. The lowest BCUT2D eigenvalue weighted by Crippen LogP contribution is -2.32. The fourth-order valence-electron chi connectivity index (χ4n) is 2.13. The van der Waals surface area contributed by atoms with Crippen LogP contribution in [-0.4, -0.2) is 19.9 Å². The lowest BCUT2D eigenvalue weighted by molar-refractivity contribution is 0.357. The van der Waals surface area contributed by atoms with Gasteiger partial charge in [-0.1, -0.05) is 13.8 Å². The number of aromatic amines is 1. The van der Waals surface area contributed by atoms with E-state index in [9.17, 15) is 8.42 Å². The SMILES string of the molecule is CC(C)C1(CNS(=O)(=O)c2c[nH]c(CN)c2)CC1. The van der Waals surface area contributed by atoms with Gasteiger partial charge in [0.05, 0.1) is 4.90 Å². The smallest absolute Gasteiger partial charge is 0.242 e. The molecule has 1 aliphatic carbocycles. The topological polar surface area (TPSA) is 88.0 Å². The minimum Gasteiger partial charge on any atom is -0.363 e. The molecule has 0 aromatic carbocycles. The van der Waals surface area contributed by atoms with Crippen LogP contribution in [0.3, 0.4) is 0 Å². The van der Waals surface area contributed by atoms with Crippen LogP contribution in [0.15, 0.2) is 17.2 Å². The Labute approximate surface area is 108 Å². The van der Waals surface area contributed by atoms with E-state index in [1.165, 1.54) is 6.20 Å². The zero-order valence-electron chi connectivity index (χ0n) is 10.9. The first-order valence-corrected chi connectivity index (χ1v) is 7.75. The number of sulfonamides is 1. The van der Waals surface area contributed by atoms with Crippen LogP contribution < -0.4 is 10.5 Å². The monoisotopic (exact) mass is 271 g/mol. The molecule has 1 aromatic rings. The highest BCUT2D eigenvalue weighted by Gasteiger charge is 2.45. The van der Waals surface area contributed by atoms with E-state index in [0.29, 0.717) is 19.0 Å². The predicted molar refractivity (Wildman–Crippen MR) is 70.4 cm³/mol. The van der Waals surface area contributed by atoms with E-state index in [1.54, 1.807) is 6.07 Å². The van der Waals surface area contributed by atoms with Gasteiger partial charge in [-0.3, -0.25) is 0 Å². The molecular weight excluding hydrogens is 250 g/mol. The van der Waals surface area contributed by atoms with Gasteiger partial charge in [-0.25, -0.2) is 13.1 Å². The summed E-state index contributed by atoms with van der Waals surface area (Å²) in [4.78, 5) is 3.12. The van der Waals surface area contributed by atoms with Crippen molar-refractivity contribution in [1.29, 1.82) is 0 Å². The Morgan fingerprint density at radius 3 is 2.61 bits per heavy atom. The van der Waals surface area contributed by atoms with E-state index < -0.39 is 10.0 Å². The second-order valence-electron chi connectivity index (χ2n) is 5.41. The third-order valence-corrected chi connectivity index (χ3v) is 5.36. The minimum absolute atomic E-state index is 0.167. The third-order valence-electron chi connectivity index (χ3n) is 3.98. The molecule has 1 aromatic heterocycles. The Hall–Kier alpha value is -0.850. The normalized spacial score (nSPS) is 18.2. The highest BCUT2D eigenvalue weighted by molar-refractivity contribution is 7.89. The molecule has 18 heavy (non-hydrogen) atoms. The Morgan fingerprint density at radius 2 is 2.17 bits per heavy atom. The summed E-state index contributed by atoms with van der Waals surface area (Å²) in [6, 6.07) is 1.58. The van der Waals surface area contributed by atoms with Crippen molar-refractivity contribution >= 4 is 10.0 Å². The summed E-state index contributed by atoms with van der Waals surface area (Å²) in [6.45, 7) is 5.12. The van der Waals surface area contributed by atoms with E-state index in [4.69, 9.17) is 5.73 Å². The van der Waals surface area contributed by atoms with Gasteiger partial charge >= 0.3 is 0 Å². The van der Waals surface area contributed by atoms with E-state index in [2.05, 4.69) is 23.6 Å². The average molecular weight is 271 g/mol. The van der Waals surface area contributed by atoms with Gasteiger partial charge in [-0.15, -0.1) is 0 Å². The van der Waals surface area contributed by atoms with Crippen molar-refractivity contribution in [1.82, 2.24) is 9.71 Å². The van der Waals surface area contributed by atoms with Crippen molar-refractivity contribution in [3.63, 3.8) is 0 Å². The fourth-order valence-corrected chi connectivity index (χ4v) is 3.29. The molecule has 0 saturated heterocycles. The number of hydrogen-bond acceptors (Lipinski definition) is 3. The van der Waals surface area contributed by atoms with E-state index in [0.717, 1.165) is 18.5 Å². The Bertz CT molecular complexity index is 515. The number of H-pyrrole nitrogens is 1. The van der Waals surface area contributed by atoms with Crippen LogP contribution in [-0.2, 0) is 16.6 Å². The van der Waals surface area contributed by atoms with Crippen LogP contribution in [0.1, 0.15) is 32.4 Å². The van der Waals surface area contributed by atoms with Gasteiger partial charge in [0.15, 0.2) is 0 Å². The van der Waals surface area contributed by atoms with Crippen LogP contribution in [0, 0.1) is 11.3 Å².